The molecule has 0 saturated carbocycles. The van der Waals surface area contributed by atoms with Crippen LogP contribution in [0.15, 0.2) is 0 Å². The predicted molar refractivity (Wildman–Crippen MR) is 99.6 cm³/mol. The van der Waals surface area contributed by atoms with Crippen molar-refractivity contribution in [1.82, 2.24) is 0 Å². The molecule has 1 unspecified atom stereocenters. The van der Waals surface area contributed by atoms with E-state index in [0.29, 0.717) is 6.10 Å². The lowest BCUT2D eigenvalue weighted by Gasteiger charge is -2.33. The summed E-state index contributed by atoms with van der Waals surface area (Å²) in [6, 6.07) is 3.88. The Labute approximate surface area is 136 Å². The summed E-state index contributed by atoms with van der Waals surface area (Å²) >= 11 is 0. The summed E-state index contributed by atoms with van der Waals surface area (Å²) in [4.78, 5) is 0. The van der Waals surface area contributed by atoms with Gasteiger partial charge in [-0.3, -0.25) is 0 Å². The van der Waals surface area contributed by atoms with Gasteiger partial charge < -0.3 is 4.43 Å². The maximum atomic E-state index is 6.78. The van der Waals surface area contributed by atoms with Crippen LogP contribution < -0.4 is 0 Å². The van der Waals surface area contributed by atoms with Crippen LogP contribution in [0, 0.1) is 0 Å². The summed E-state index contributed by atoms with van der Waals surface area (Å²) < 4.78 is 6.78. The highest BCUT2D eigenvalue weighted by atomic mass is 28.4. The molecule has 0 fully saturated rings. The van der Waals surface area contributed by atoms with Crippen LogP contribution >= 0.6 is 0 Å². The van der Waals surface area contributed by atoms with Gasteiger partial charge in [-0.2, -0.15) is 0 Å². The van der Waals surface area contributed by atoms with Crippen LogP contribution in [0.5, 0.6) is 0 Å². The van der Waals surface area contributed by atoms with Crippen molar-refractivity contribution in [3.05, 3.63) is 0 Å². The molecule has 1 atom stereocenters. The minimum Gasteiger partial charge on any atom is -0.414 e. The molecule has 21 heavy (non-hydrogen) atoms. The first kappa shape index (κ1) is 21.2. The van der Waals surface area contributed by atoms with Crippen molar-refractivity contribution >= 4 is 8.32 Å². The van der Waals surface area contributed by atoms with Crippen LogP contribution in [0.3, 0.4) is 0 Å². The lowest BCUT2D eigenvalue weighted by atomic mass is 10.0. The Morgan fingerprint density at radius 3 is 1.52 bits per heavy atom. The first-order chi connectivity index (χ1) is 10.2. The molecule has 0 aliphatic heterocycles. The lowest BCUT2D eigenvalue weighted by Crippen LogP contribution is -2.40. The predicted octanol–water partition coefficient (Wildman–Crippen LogP) is 7.32. The molecule has 0 aliphatic carbocycles. The van der Waals surface area contributed by atoms with Gasteiger partial charge in [0.2, 0.25) is 0 Å². The van der Waals surface area contributed by atoms with Gasteiger partial charge in [-0.1, -0.05) is 86.0 Å². The molecular formula is C19H42OSi. The third-order valence-corrected chi connectivity index (χ3v) is 9.81. The van der Waals surface area contributed by atoms with Crippen molar-refractivity contribution in [2.75, 3.05) is 0 Å². The second-order valence-corrected chi connectivity index (χ2v) is 11.4. The van der Waals surface area contributed by atoms with Crippen LogP contribution in [0.1, 0.15) is 98.8 Å². The van der Waals surface area contributed by atoms with Gasteiger partial charge in [0.1, 0.15) is 0 Å². The monoisotopic (exact) mass is 314 g/mol. The Bertz CT molecular complexity index is 205. The van der Waals surface area contributed by atoms with Crippen LogP contribution in [-0.2, 0) is 4.43 Å². The molecule has 128 valence electrons. The van der Waals surface area contributed by atoms with E-state index in [1.54, 1.807) is 0 Å². The fourth-order valence-corrected chi connectivity index (χ4v) is 6.16. The second kappa shape index (κ2) is 13.8. The molecule has 0 radical (unpaired) electrons. The van der Waals surface area contributed by atoms with Gasteiger partial charge in [0.05, 0.1) is 0 Å². The van der Waals surface area contributed by atoms with E-state index in [1.165, 1.54) is 82.3 Å². The molecule has 0 aromatic carbocycles. The number of rotatable bonds is 15. The molecule has 0 aliphatic rings. The summed E-state index contributed by atoms with van der Waals surface area (Å²) in [7, 11) is -1.42. The van der Waals surface area contributed by atoms with Crippen molar-refractivity contribution in [2.24, 2.45) is 0 Å². The molecule has 0 saturated heterocycles. The molecule has 0 heterocycles. The average Bonchev–Trinajstić information content (AvgIpc) is 2.52. The molecular weight excluding hydrogens is 272 g/mol. The lowest BCUT2D eigenvalue weighted by molar-refractivity contribution is 0.159. The highest BCUT2D eigenvalue weighted by molar-refractivity contribution is 6.73. The highest BCUT2D eigenvalue weighted by Crippen LogP contribution is 2.27. The Morgan fingerprint density at radius 2 is 1.05 bits per heavy atom. The average molecular weight is 315 g/mol. The number of hydrogen-bond acceptors (Lipinski definition) is 1. The standard InChI is InChI=1S/C19H42OSi/c1-6-11-13-14-16-18-19(17-15-12-7-2)20-21(8-3,9-4)10-5/h19H,6-18H2,1-5H3. The zero-order valence-corrected chi connectivity index (χ0v) is 16.7. The normalized spacial score (nSPS) is 13.6. The maximum Gasteiger partial charge on any atom is 0.192 e. The van der Waals surface area contributed by atoms with E-state index in [4.69, 9.17) is 4.43 Å². The molecule has 0 rings (SSSR count). The molecule has 0 amide bonds. The molecule has 0 aromatic heterocycles. The van der Waals surface area contributed by atoms with Gasteiger partial charge in [0.25, 0.3) is 0 Å². The molecule has 0 aromatic rings. The molecule has 1 nitrogen and oxygen atoms in total. The second-order valence-electron chi connectivity index (χ2n) is 6.68. The van der Waals surface area contributed by atoms with Crippen molar-refractivity contribution < 1.29 is 4.43 Å². The van der Waals surface area contributed by atoms with Gasteiger partial charge in [-0.05, 0) is 31.0 Å². The molecule has 0 N–H and O–H groups in total. The van der Waals surface area contributed by atoms with Crippen molar-refractivity contribution in [2.45, 2.75) is 123 Å². The number of unbranched alkanes of at least 4 members (excludes halogenated alkanes) is 6. The van der Waals surface area contributed by atoms with Crippen LogP contribution in [-0.4, -0.2) is 14.4 Å². The Kier molecular flexibility index (Phi) is 13.9. The van der Waals surface area contributed by atoms with Gasteiger partial charge in [-0.25, -0.2) is 0 Å². The Hall–Kier alpha value is 0.177. The molecule has 0 bridgehead atoms. The smallest absolute Gasteiger partial charge is 0.192 e. The van der Waals surface area contributed by atoms with Crippen LogP contribution in [0.2, 0.25) is 18.1 Å². The first-order valence-electron chi connectivity index (χ1n) is 9.85. The summed E-state index contributed by atoms with van der Waals surface area (Å²) in [6.07, 6.45) is 14.2. The molecule has 0 spiro atoms. The van der Waals surface area contributed by atoms with Gasteiger partial charge in [-0.15, -0.1) is 0 Å². The SMILES string of the molecule is CCCCCCCC(CCCCC)O[Si](CC)(CC)CC. The summed E-state index contributed by atoms with van der Waals surface area (Å²) in [6.45, 7) is 11.6. The van der Waals surface area contributed by atoms with Crippen LogP contribution in [0.4, 0.5) is 0 Å². The third-order valence-electron chi connectivity index (χ3n) is 5.11. The fourth-order valence-electron chi connectivity index (χ4n) is 3.21. The van der Waals surface area contributed by atoms with Crippen molar-refractivity contribution in [1.29, 1.82) is 0 Å². The van der Waals surface area contributed by atoms with E-state index in [1.807, 2.05) is 0 Å². The Morgan fingerprint density at radius 1 is 0.619 bits per heavy atom. The van der Waals surface area contributed by atoms with E-state index in [-0.39, 0.29) is 0 Å². The minimum absolute atomic E-state index is 0.560. The van der Waals surface area contributed by atoms with E-state index in [0.717, 1.165) is 0 Å². The van der Waals surface area contributed by atoms with Crippen LogP contribution in [0.25, 0.3) is 0 Å². The highest BCUT2D eigenvalue weighted by Gasteiger charge is 2.31. The topological polar surface area (TPSA) is 9.23 Å². The van der Waals surface area contributed by atoms with E-state index < -0.39 is 8.32 Å². The minimum atomic E-state index is -1.42. The first-order valence-corrected chi connectivity index (χ1v) is 12.4. The molecule has 2 heteroatoms. The zero-order valence-electron chi connectivity index (χ0n) is 15.7. The fraction of sp³-hybridized carbons (Fsp3) is 1.00. The van der Waals surface area contributed by atoms with Gasteiger partial charge in [0.15, 0.2) is 8.32 Å². The van der Waals surface area contributed by atoms with E-state index in [2.05, 4.69) is 34.6 Å². The van der Waals surface area contributed by atoms with Crippen molar-refractivity contribution in [3.63, 3.8) is 0 Å². The summed E-state index contributed by atoms with van der Waals surface area (Å²) in [5, 5.41) is 0. The zero-order chi connectivity index (χ0) is 16.0. The quantitative estimate of drug-likeness (QED) is 0.227. The largest absolute Gasteiger partial charge is 0.414 e. The maximum absolute atomic E-state index is 6.78. The van der Waals surface area contributed by atoms with Gasteiger partial charge in [0, 0.05) is 6.10 Å². The Balaban J connectivity index is 4.29. The van der Waals surface area contributed by atoms with Crippen molar-refractivity contribution in [3.8, 4) is 0 Å². The summed E-state index contributed by atoms with van der Waals surface area (Å²) in [5.74, 6) is 0. The third kappa shape index (κ3) is 9.73. The van der Waals surface area contributed by atoms with E-state index >= 15 is 0 Å². The van der Waals surface area contributed by atoms with E-state index in [9.17, 15) is 0 Å². The number of hydrogen-bond donors (Lipinski definition) is 0. The van der Waals surface area contributed by atoms with Gasteiger partial charge >= 0.3 is 0 Å². The summed E-state index contributed by atoms with van der Waals surface area (Å²) in [5.41, 5.74) is 0.